The Morgan fingerprint density at radius 1 is 1.12 bits per heavy atom. The lowest BCUT2D eigenvalue weighted by Gasteiger charge is -2.10. The molecule has 3 aromatic rings. The summed E-state index contributed by atoms with van der Waals surface area (Å²) in [6.45, 7) is 3.97. The van der Waals surface area contributed by atoms with Crippen LogP contribution in [0.2, 0.25) is 5.02 Å². The van der Waals surface area contributed by atoms with Gasteiger partial charge in [0.1, 0.15) is 5.56 Å². The van der Waals surface area contributed by atoms with Crippen LogP contribution in [0.3, 0.4) is 0 Å². The van der Waals surface area contributed by atoms with Gasteiger partial charge in [-0.25, -0.2) is 4.79 Å². The Kier molecular flexibility index (Phi) is 5.43. The van der Waals surface area contributed by atoms with Crippen molar-refractivity contribution >= 4 is 28.5 Å². The molecule has 1 aromatic heterocycles. The van der Waals surface area contributed by atoms with Crippen LogP contribution in [0, 0.1) is 6.92 Å². The van der Waals surface area contributed by atoms with Crippen LogP contribution >= 0.6 is 11.6 Å². The van der Waals surface area contributed by atoms with Gasteiger partial charge >= 0.3 is 5.97 Å². The summed E-state index contributed by atoms with van der Waals surface area (Å²) in [6, 6.07) is 11.9. The van der Waals surface area contributed by atoms with E-state index < -0.39 is 5.97 Å². The van der Waals surface area contributed by atoms with Gasteiger partial charge in [0, 0.05) is 6.20 Å². The molecule has 0 spiro atoms. The first-order valence-corrected chi connectivity index (χ1v) is 8.94. The summed E-state index contributed by atoms with van der Waals surface area (Å²) < 4.78 is 4.98. The van der Waals surface area contributed by atoms with Crippen LogP contribution in [0.5, 0.6) is 0 Å². The van der Waals surface area contributed by atoms with Crippen molar-refractivity contribution in [3.8, 4) is 0 Å². The molecule has 0 radical (unpaired) electrons. The Labute approximate surface area is 156 Å². The number of pyridine rings is 1. The number of ether oxygens (including phenoxy) is 1. The molecule has 0 amide bonds. The molecule has 26 heavy (non-hydrogen) atoms. The minimum atomic E-state index is -0.625. The van der Waals surface area contributed by atoms with Crippen LogP contribution in [0.25, 0.3) is 10.9 Å². The van der Waals surface area contributed by atoms with E-state index in [1.54, 1.807) is 13.0 Å². The predicted octanol–water partition coefficient (Wildman–Crippen LogP) is 4.45. The van der Waals surface area contributed by atoms with Gasteiger partial charge in [-0.05, 0) is 43.9 Å². The first-order valence-electron chi connectivity index (χ1n) is 8.56. The Bertz CT molecular complexity index is 1010. The van der Waals surface area contributed by atoms with Gasteiger partial charge in [0.05, 0.1) is 22.5 Å². The molecule has 1 N–H and O–H groups in total. The average Bonchev–Trinajstić information content (AvgIpc) is 2.63. The molecule has 134 valence electrons. The van der Waals surface area contributed by atoms with Crippen LogP contribution in [0.4, 0.5) is 0 Å². The number of hydrogen-bond donors (Lipinski definition) is 1. The molecule has 0 unspecified atom stereocenters. The quantitative estimate of drug-likeness (QED) is 0.676. The van der Waals surface area contributed by atoms with Crippen molar-refractivity contribution in [1.82, 2.24) is 4.98 Å². The predicted molar refractivity (Wildman–Crippen MR) is 104 cm³/mol. The average molecular weight is 370 g/mol. The number of benzene rings is 2. The van der Waals surface area contributed by atoms with Crippen molar-refractivity contribution in [2.45, 2.75) is 26.7 Å². The molecule has 4 nitrogen and oxygen atoms in total. The van der Waals surface area contributed by atoms with Gasteiger partial charge in [-0.1, -0.05) is 47.5 Å². The Hall–Kier alpha value is -2.59. The van der Waals surface area contributed by atoms with E-state index in [-0.39, 0.29) is 17.6 Å². The Morgan fingerprint density at radius 2 is 1.85 bits per heavy atom. The number of aromatic nitrogens is 1. The minimum Gasteiger partial charge on any atom is -0.462 e. The maximum atomic E-state index is 12.9. The number of carbonyl (C=O) groups is 1. The Morgan fingerprint density at radius 3 is 2.54 bits per heavy atom. The maximum Gasteiger partial charge on any atom is 0.343 e. The van der Waals surface area contributed by atoms with E-state index in [1.165, 1.54) is 17.3 Å². The van der Waals surface area contributed by atoms with Gasteiger partial charge in [-0.2, -0.15) is 0 Å². The SMILES string of the molecule is CCOC(=O)c1c[nH]c2c(Cl)ccc(CCc3ccc(C)cc3)c2c1=O. The van der Waals surface area contributed by atoms with Crippen LogP contribution in [-0.4, -0.2) is 17.6 Å². The topological polar surface area (TPSA) is 59.2 Å². The summed E-state index contributed by atoms with van der Waals surface area (Å²) in [4.78, 5) is 27.9. The number of nitrogens with one attached hydrogen (secondary N) is 1. The summed E-state index contributed by atoms with van der Waals surface area (Å²) >= 11 is 6.24. The zero-order valence-electron chi connectivity index (χ0n) is 14.8. The van der Waals surface area contributed by atoms with Gasteiger partial charge in [0.2, 0.25) is 5.43 Å². The first kappa shape index (κ1) is 18.2. The number of H-pyrrole nitrogens is 1. The zero-order valence-corrected chi connectivity index (χ0v) is 15.5. The molecule has 1 heterocycles. The fraction of sp³-hybridized carbons (Fsp3) is 0.238. The smallest absolute Gasteiger partial charge is 0.343 e. The third-order valence-corrected chi connectivity index (χ3v) is 4.69. The molecule has 0 aliphatic carbocycles. The number of hydrogen-bond acceptors (Lipinski definition) is 3. The molecular weight excluding hydrogens is 350 g/mol. The highest BCUT2D eigenvalue weighted by Gasteiger charge is 2.17. The minimum absolute atomic E-state index is 0.00166. The van der Waals surface area contributed by atoms with E-state index >= 15 is 0 Å². The molecule has 0 saturated carbocycles. The highest BCUT2D eigenvalue weighted by atomic mass is 35.5. The molecule has 2 aromatic carbocycles. The van der Waals surface area contributed by atoms with Crippen LogP contribution in [0.15, 0.2) is 47.4 Å². The van der Waals surface area contributed by atoms with Crippen molar-refractivity contribution in [3.63, 3.8) is 0 Å². The number of halogens is 1. The second-order valence-corrected chi connectivity index (χ2v) is 6.60. The molecular formula is C21H20ClNO3. The summed E-state index contributed by atoms with van der Waals surface area (Å²) in [5, 5.41) is 0.904. The highest BCUT2D eigenvalue weighted by Crippen LogP contribution is 2.24. The molecule has 0 fully saturated rings. The lowest BCUT2D eigenvalue weighted by atomic mass is 9.99. The van der Waals surface area contributed by atoms with Crippen LogP contribution in [-0.2, 0) is 17.6 Å². The largest absolute Gasteiger partial charge is 0.462 e. The van der Waals surface area contributed by atoms with E-state index in [9.17, 15) is 9.59 Å². The van der Waals surface area contributed by atoms with Crippen molar-refractivity contribution < 1.29 is 9.53 Å². The van der Waals surface area contributed by atoms with Crippen molar-refractivity contribution in [2.24, 2.45) is 0 Å². The van der Waals surface area contributed by atoms with Gasteiger partial charge < -0.3 is 9.72 Å². The molecule has 0 saturated heterocycles. The second-order valence-electron chi connectivity index (χ2n) is 6.19. The highest BCUT2D eigenvalue weighted by molar-refractivity contribution is 6.35. The summed E-state index contributed by atoms with van der Waals surface area (Å²) in [6.07, 6.45) is 2.84. The monoisotopic (exact) mass is 369 g/mol. The van der Waals surface area contributed by atoms with Crippen molar-refractivity contribution in [1.29, 1.82) is 0 Å². The fourth-order valence-electron chi connectivity index (χ4n) is 2.97. The number of esters is 1. The third kappa shape index (κ3) is 3.65. The number of aryl methyl sites for hydroxylation is 3. The molecule has 3 rings (SSSR count). The Balaban J connectivity index is 2.02. The second kappa shape index (κ2) is 7.75. The number of rotatable bonds is 5. The molecule has 0 aliphatic heterocycles. The van der Waals surface area contributed by atoms with Gasteiger partial charge in [-0.15, -0.1) is 0 Å². The molecule has 0 aliphatic rings. The van der Waals surface area contributed by atoms with E-state index in [2.05, 4.69) is 29.2 Å². The van der Waals surface area contributed by atoms with Gasteiger partial charge in [0.15, 0.2) is 0 Å². The van der Waals surface area contributed by atoms with Crippen molar-refractivity contribution in [3.05, 3.63) is 80.1 Å². The maximum absolute atomic E-state index is 12.9. The van der Waals surface area contributed by atoms with Crippen LogP contribution in [0.1, 0.15) is 34.0 Å². The van der Waals surface area contributed by atoms with E-state index in [4.69, 9.17) is 16.3 Å². The lowest BCUT2D eigenvalue weighted by molar-refractivity contribution is 0.0524. The van der Waals surface area contributed by atoms with Crippen LogP contribution < -0.4 is 5.43 Å². The summed E-state index contributed by atoms with van der Waals surface area (Å²) in [7, 11) is 0. The number of aromatic amines is 1. The van der Waals surface area contributed by atoms with E-state index in [0.29, 0.717) is 22.3 Å². The standard InChI is InChI=1S/C21H20ClNO3/c1-3-26-21(25)16-12-23-19-17(22)11-10-15(18(19)20(16)24)9-8-14-6-4-13(2)5-7-14/h4-7,10-12H,3,8-9H2,1-2H3,(H,23,24). The fourth-order valence-corrected chi connectivity index (χ4v) is 3.18. The number of carbonyl (C=O) groups excluding carboxylic acids is 1. The molecule has 0 atom stereocenters. The number of fused-ring (bicyclic) bond motifs is 1. The third-order valence-electron chi connectivity index (χ3n) is 4.37. The van der Waals surface area contributed by atoms with E-state index in [0.717, 1.165) is 12.0 Å². The zero-order chi connectivity index (χ0) is 18.7. The van der Waals surface area contributed by atoms with Gasteiger partial charge in [0.25, 0.3) is 0 Å². The van der Waals surface area contributed by atoms with Gasteiger partial charge in [-0.3, -0.25) is 4.79 Å². The normalized spacial score (nSPS) is 10.9. The van der Waals surface area contributed by atoms with E-state index in [1.807, 2.05) is 13.0 Å². The summed E-state index contributed by atoms with van der Waals surface area (Å²) in [5.41, 5.74) is 3.46. The summed E-state index contributed by atoms with van der Waals surface area (Å²) in [5.74, 6) is -0.625. The molecule has 0 bridgehead atoms. The first-order chi connectivity index (χ1) is 12.5. The molecule has 5 heteroatoms. The lowest BCUT2D eigenvalue weighted by Crippen LogP contribution is -2.19. The van der Waals surface area contributed by atoms with Crippen molar-refractivity contribution in [2.75, 3.05) is 6.61 Å².